The van der Waals surface area contributed by atoms with E-state index in [2.05, 4.69) is 0 Å². The lowest BCUT2D eigenvalue weighted by Gasteiger charge is -2.35. The van der Waals surface area contributed by atoms with Crippen LogP contribution in [0.5, 0.6) is 0 Å². The molecule has 0 saturated carbocycles. The van der Waals surface area contributed by atoms with E-state index in [1.807, 2.05) is 4.90 Å². The first-order valence-corrected chi connectivity index (χ1v) is 6.88. The summed E-state index contributed by atoms with van der Waals surface area (Å²) >= 11 is 5.78. The number of likely N-dealkylation sites (tertiary alicyclic amines) is 1. The van der Waals surface area contributed by atoms with Crippen LogP contribution < -0.4 is 0 Å². The first kappa shape index (κ1) is 13.3. The number of alkyl halides is 1. The summed E-state index contributed by atoms with van der Waals surface area (Å²) in [5, 5.41) is 0. The molecule has 0 aromatic heterocycles. The number of benzene rings is 1. The molecule has 1 unspecified atom stereocenters. The van der Waals surface area contributed by atoms with Crippen molar-refractivity contribution in [3.8, 4) is 0 Å². The molecule has 1 amide bonds. The Morgan fingerprint density at radius 1 is 1.33 bits per heavy atom. The largest absolute Gasteiger partial charge is 0.336 e. The van der Waals surface area contributed by atoms with Crippen molar-refractivity contribution < 1.29 is 9.18 Å². The zero-order valence-corrected chi connectivity index (χ0v) is 11.0. The van der Waals surface area contributed by atoms with Crippen molar-refractivity contribution >= 4 is 17.5 Å². The lowest BCUT2D eigenvalue weighted by molar-refractivity contribution is 0.0609. The molecule has 1 atom stereocenters. The predicted octanol–water partition coefficient (Wildman–Crippen LogP) is 3.45. The van der Waals surface area contributed by atoms with Gasteiger partial charge in [0.15, 0.2) is 0 Å². The highest BCUT2D eigenvalue weighted by Gasteiger charge is 2.26. The molecule has 18 heavy (non-hydrogen) atoms. The SMILES string of the molecule is O=C(c1ccc(F)cc1)N1CCCCC1CCCl. The van der Waals surface area contributed by atoms with E-state index in [-0.39, 0.29) is 17.8 Å². The van der Waals surface area contributed by atoms with Crippen LogP contribution in [0.1, 0.15) is 36.0 Å². The summed E-state index contributed by atoms with van der Waals surface area (Å²) in [6.45, 7) is 0.776. The quantitative estimate of drug-likeness (QED) is 0.770. The lowest BCUT2D eigenvalue weighted by atomic mass is 9.99. The van der Waals surface area contributed by atoms with Gasteiger partial charge in [0.05, 0.1) is 0 Å². The summed E-state index contributed by atoms with van der Waals surface area (Å²) in [6, 6.07) is 5.98. The van der Waals surface area contributed by atoms with E-state index in [4.69, 9.17) is 11.6 Å². The van der Waals surface area contributed by atoms with Gasteiger partial charge in [-0.2, -0.15) is 0 Å². The molecule has 0 bridgehead atoms. The first-order chi connectivity index (χ1) is 8.72. The van der Waals surface area contributed by atoms with E-state index >= 15 is 0 Å². The van der Waals surface area contributed by atoms with Crippen molar-refractivity contribution in [2.45, 2.75) is 31.7 Å². The van der Waals surface area contributed by atoms with Crippen LogP contribution in [0.2, 0.25) is 0 Å². The maximum Gasteiger partial charge on any atom is 0.254 e. The fourth-order valence-corrected chi connectivity index (χ4v) is 2.70. The summed E-state index contributed by atoms with van der Waals surface area (Å²) in [5.74, 6) is 0.241. The number of rotatable bonds is 3. The van der Waals surface area contributed by atoms with E-state index < -0.39 is 0 Å². The molecular weight excluding hydrogens is 253 g/mol. The average Bonchev–Trinajstić information content (AvgIpc) is 2.40. The van der Waals surface area contributed by atoms with Crippen molar-refractivity contribution in [2.75, 3.05) is 12.4 Å². The Hall–Kier alpha value is -1.09. The highest BCUT2D eigenvalue weighted by Crippen LogP contribution is 2.22. The molecule has 0 spiro atoms. The van der Waals surface area contributed by atoms with Gasteiger partial charge < -0.3 is 4.90 Å². The molecule has 0 N–H and O–H groups in total. The number of halogens is 2. The summed E-state index contributed by atoms with van der Waals surface area (Å²) in [4.78, 5) is 14.2. The lowest BCUT2D eigenvalue weighted by Crippen LogP contribution is -2.43. The van der Waals surface area contributed by atoms with Crippen molar-refractivity contribution in [3.05, 3.63) is 35.6 Å². The number of piperidine rings is 1. The van der Waals surface area contributed by atoms with E-state index in [1.165, 1.54) is 12.1 Å². The molecule has 1 fully saturated rings. The van der Waals surface area contributed by atoms with Gasteiger partial charge in [-0.3, -0.25) is 4.79 Å². The van der Waals surface area contributed by atoms with Gasteiger partial charge in [-0.1, -0.05) is 0 Å². The van der Waals surface area contributed by atoms with Gasteiger partial charge in [0, 0.05) is 24.0 Å². The second-order valence-corrected chi connectivity index (χ2v) is 5.01. The second kappa shape index (κ2) is 6.19. The fraction of sp³-hybridized carbons (Fsp3) is 0.500. The number of carbonyl (C=O) groups is 1. The third kappa shape index (κ3) is 3.02. The van der Waals surface area contributed by atoms with Crippen LogP contribution in [0.15, 0.2) is 24.3 Å². The number of hydrogen-bond donors (Lipinski definition) is 0. The smallest absolute Gasteiger partial charge is 0.254 e. The Morgan fingerprint density at radius 2 is 2.06 bits per heavy atom. The van der Waals surface area contributed by atoms with Gasteiger partial charge in [-0.25, -0.2) is 4.39 Å². The minimum absolute atomic E-state index is 0.00943. The van der Waals surface area contributed by atoms with E-state index in [9.17, 15) is 9.18 Å². The van der Waals surface area contributed by atoms with Crippen LogP contribution in [0.3, 0.4) is 0 Å². The highest BCUT2D eigenvalue weighted by molar-refractivity contribution is 6.17. The fourth-order valence-electron chi connectivity index (χ4n) is 2.45. The van der Waals surface area contributed by atoms with E-state index in [0.717, 1.165) is 32.2 Å². The molecule has 0 aliphatic carbocycles. The average molecular weight is 270 g/mol. The summed E-state index contributed by atoms with van der Waals surface area (Å²) in [7, 11) is 0. The van der Waals surface area contributed by atoms with Crippen LogP contribution in [0.25, 0.3) is 0 Å². The second-order valence-electron chi connectivity index (χ2n) is 4.63. The third-order valence-corrected chi connectivity index (χ3v) is 3.64. The van der Waals surface area contributed by atoms with Gasteiger partial charge in [0.2, 0.25) is 0 Å². The molecule has 98 valence electrons. The van der Waals surface area contributed by atoms with E-state index in [1.54, 1.807) is 12.1 Å². The number of hydrogen-bond acceptors (Lipinski definition) is 1. The van der Waals surface area contributed by atoms with Crippen LogP contribution in [0, 0.1) is 5.82 Å². The molecule has 1 aromatic carbocycles. The standard InChI is InChI=1S/C14H17ClFNO/c15-9-8-13-3-1-2-10-17(13)14(18)11-4-6-12(16)7-5-11/h4-7,13H,1-3,8-10H2. The molecule has 2 nitrogen and oxygen atoms in total. The van der Waals surface area contributed by atoms with Crippen molar-refractivity contribution in [2.24, 2.45) is 0 Å². The normalized spacial score (nSPS) is 19.9. The Labute approximate surface area is 112 Å². The number of amides is 1. The molecule has 0 radical (unpaired) electrons. The van der Waals surface area contributed by atoms with Gasteiger partial charge >= 0.3 is 0 Å². The predicted molar refractivity (Wildman–Crippen MR) is 70.4 cm³/mol. The van der Waals surface area contributed by atoms with Gasteiger partial charge in [-0.05, 0) is 49.9 Å². The molecule has 4 heteroatoms. The molecular formula is C14H17ClFNO. The Morgan fingerprint density at radius 3 is 2.72 bits per heavy atom. The van der Waals surface area contributed by atoms with Crippen LogP contribution in [-0.4, -0.2) is 29.3 Å². The molecule has 1 aliphatic rings. The summed E-state index contributed by atoms with van der Waals surface area (Å²) in [5.41, 5.74) is 0.554. The highest BCUT2D eigenvalue weighted by atomic mass is 35.5. The molecule has 1 aliphatic heterocycles. The van der Waals surface area contributed by atoms with Crippen molar-refractivity contribution in [1.82, 2.24) is 4.90 Å². The van der Waals surface area contributed by atoms with Gasteiger partial charge in [0.25, 0.3) is 5.91 Å². The Bertz CT molecular complexity index is 405. The Balaban J connectivity index is 2.12. The Kier molecular flexibility index (Phi) is 4.59. The molecule has 2 rings (SSSR count). The van der Waals surface area contributed by atoms with Crippen LogP contribution >= 0.6 is 11.6 Å². The molecule has 1 saturated heterocycles. The van der Waals surface area contributed by atoms with Gasteiger partial charge in [-0.15, -0.1) is 11.6 Å². The monoisotopic (exact) mass is 269 g/mol. The number of carbonyl (C=O) groups excluding carboxylic acids is 1. The van der Waals surface area contributed by atoms with E-state index in [0.29, 0.717) is 11.4 Å². The minimum Gasteiger partial charge on any atom is -0.336 e. The van der Waals surface area contributed by atoms with Crippen molar-refractivity contribution in [1.29, 1.82) is 0 Å². The first-order valence-electron chi connectivity index (χ1n) is 6.35. The third-order valence-electron chi connectivity index (χ3n) is 3.42. The van der Waals surface area contributed by atoms with Crippen LogP contribution in [0.4, 0.5) is 4.39 Å². The maximum absolute atomic E-state index is 12.8. The molecule has 1 aromatic rings. The summed E-state index contributed by atoms with van der Waals surface area (Å²) < 4.78 is 12.8. The maximum atomic E-state index is 12.8. The molecule has 1 heterocycles. The topological polar surface area (TPSA) is 20.3 Å². The van der Waals surface area contributed by atoms with Crippen LogP contribution in [-0.2, 0) is 0 Å². The zero-order chi connectivity index (χ0) is 13.0. The van der Waals surface area contributed by atoms with Gasteiger partial charge in [0.1, 0.15) is 5.82 Å². The zero-order valence-electron chi connectivity index (χ0n) is 10.2. The van der Waals surface area contributed by atoms with Crippen molar-refractivity contribution in [3.63, 3.8) is 0 Å². The summed E-state index contributed by atoms with van der Waals surface area (Å²) in [6.07, 6.45) is 4.02. The minimum atomic E-state index is -0.317. The number of nitrogens with zero attached hydrogens (tertiary/aromatic N) is 1.